The van der Waals surface area contributed by atoms with Crippen LogP contribution in [0.2, 0.25) is 0 Å². The Kier molecular flexibility index (Phi) is 4.42. The normalized spacial score (nSPS) is 40.3. The molecule has 0 aromatic rings. The van der Waals surface area contributed by atoms with Crippen LogP contribution in [-0.4, -0.2) is 60.7 Å². The van der Waals surface area contributed by atoms with Gasteiger partial charge in [0.2, 0.25) is 0 Å². The fourth-order valence-electron chi connectivity index (χ4n) is 4.12. The van der Waals surface area contributed by atoms with Gasteiger partial charge in [-0.2, -0.15) is 0 Å². The molecular weight excluding hydrogens is 242 g/mol. The molecule has 3 aliphatic heterocycles. The van der Waals surface area contributed by atoms with E-state index in [4.69, 9.17) is 14.6 Å². The van der Waals surface area contributed by atoms with Crippen molar-refractivity contribution < 1.29 is 14.6 Å². The van der Waals surface area contributed by atoms with Crippen molar-refractivity contribution in [3.05, 3.63) is 0 Å². The molecule has 0 aromatic heterocycles. The lowest BCUT2D eigenvalue weighted by Crippen LogP contribution is -2.50. The highest BCUT2D eigenvalue weighted by Gasteiger charge is 2.44. The van der Waals surface area contributed by atoms with Crippen LogP contribution in [0.25, 0.3) is 0 Å². The van der Waals surface area contributed by atoms with Crippen molar-refractivity contribution in [2.75, 3.05) is 33.0 Å². The lowest BCUT2D eigenvalue weighted by atomic mass is 9.88. The van der Waals surface area contributed by atoms with Crippen LogP contribution in [0, 0.1) is 0 Å². The lowest BCUT2D eigenvalue weighted by molar-refractivity contribution is -0.108. The highest BCUT2D eigenvalue weighted by atomic mass is 16.6. The van der Waals surface area contributed by atoms with E-state index in [1.165, 1.54) is 19.4 Å². The summed E-state index contributed by atoms with van der Waals surface area (Å²) < 4.78 is 11.6. The zero-order valence-electron chi connectivity index (χ0n) is 11.9. The fraction of sp³-hybridized carbons (Fsp3) is 1.00. The first-order chi connectivity index (χ1) is 9.33. The molecule has 19 heavy (non-hydrogen) atoms. The van der Waals surface area contributed by atoms with E-state index in [1.807, 2.05) is 0 Å². The van der Waals surface area contributed by atoms with Gasteiger partial charge in [0.05, 0.1) is 12.2 Å². The molecule has 3 aliphatic rings. The SMILES string of the molecule is OCCCC1CCCN1C1CCOC2(CCOC2)C1. The van der Waals surface area contributed by atoms with Gasteiger partial charge >= 0.3 is 0 Å². The van der Waals surface area contributed by atoms with E-state index in [1.54, 1.807) is 0 Å². The predicted molar refractivity (Wildman–Crippen MR) is 73.2 cm³/mol. The zero-order valence-corrected chi connectivity index (χ0v) is 11.9. The second kappa shape index (κ2) is 6.08. The van der Waals surface area contributed by atoms with Crippen molar-refractivity contribution in [2.45, 2.75) is 62.6 Å². The summed E-state index contributed by atoms with van der Waals surface area (Å²) in [5.74, 6) is 0. The Morgan fingerprint density at radius 2 is 2.21 bits per heavy atom. The van der Waals surface area contributed by atoms with Crippen molar-refractivity contribution in [3.8, 4) is 0 Å². The Bertz CT molecular complexity index is 291. The number of rotatable bonds is 4. The molecule has 110 valence electrons. The number of ether oxygens (including phenoxy) is 2. The van der Waals surface area contributed by atoms with Crippen molar-refractivity contribution in [1.82, 2.24) is 4.90 Å². The quantitative estimate of drug-likeness (QED) is 0.841. The van der Waals surface area contributed by atoms with Crippen LogP contribution in [0.1, 0.15) is 44.9 Å². The number of hydrogen-bond acceptors (Lipinski definition) is 4. The monoisotopic (exact) mass is 269 g/mol. The number of likely N-dealkylation sites (tertiary alicyclic amines) is 1. The lowest BCUT2D eigenvalue weighted by Gasteiger charge is -2.43. The van der Waals surface area contributed by atoms with Crippen LogP contribution in [-0.2, 0) is 9.47 Å². The minimum Gasteiger partial charge on any atom is -0.396 e. The molecule has 1 N–H and O–H groups in total. The summed E-state index contributed by atoms with van der Waals surface area (Å²) in [4.78, 5) is 2.71. The molecule has 4 heteroatoms. The number of aliphatic hydroxyl groups excluding tert-OH is 1. The van der Waals surface area contributed by atoms with Crippen LogP contribution in [0.15, 0.2) is 0 Å². The van der Waals surface area contributed by atoms with Crippen LogP contribution in [0.4, 0.5) is 0 Å². The first-order valence-corrected chi connectivity index (χ1v) is 7.91. The predicted octanol–water partition coefficient (Wildman–Crippen LogP) is 1.56. The first kappa shape index (κ1) is 13.8. The van der Waals surface area contributed by atoms with Gasteiger partial charge in [0.25, 0.3) is 0 Å². The van der Waals surface area contributed by atoms with Gasteiger partial charge in [-0.25, -0.2) is 0 Å². The van der Waals surface area contributed by atoms with E-state index in [-0.39, 0.29) is 5.60 Å². The molecule has 0 aromatic carbocycles. The van der Waals surface area contributed by atoms with Gasteiger partial charge in [0.15, 0.2) is 0 Å². The van der Waals surface area contributed by atoms with E-state index < -0.39 is 0 Å². The van der Waals surface area contributed by atoms with E-state index >= 15 is 0 Å². The van der Waals surface area contributed by atoms with Gasteiger partial charge in [0, 0.05) is 38.3 Å². The summed E-state index contributed by atoms with van der Waals surface area (Å²) in [7, 11) is 0. The maximum absolute atomic E-state index is 9.04. The van der Waals surface area contributed by atoms with Crippen LogP contribution < -0.4 is 0 Å². The number of nitrogens with zero attached hydrogens (tertiary/aromatic N) is 1. The van der Waals surface area contributed by atoms with Crippen LogP contribution in [0.5, 0.6) is 0 Å². The summed E-state index contributed by atoms with van der Waals surface area (Å²) in [5.41, 5.74) is 0.0209. The van der Waals surface area contributed by atoms with Gasteiger partial charge in [-0.1, -0.05) is 0 Å². The Balaban J connectivity index is 1.60. The summed E-state index contributed by atoms with van der Waals surface area (Å²) in [5, 5.41) is 9.04. The second-order valence-corrected chi connectivity index (χ2v) is 6.38. The van der Waals surface area contributed by atoms with E-state index in [2.05, 4.69) is 4.90 Å². The molecule has 3 atom stereocenters. The van der Waals surface area contributed by atoms with Gasteiger partial charge < -0.3 is 14.6 Å². The summed E-state index contributed by atoms with van der Waals surface area (Å²) in [6, 6.07) is 1.36. The molecule has 3 rings (SSSR count). The molecule has 1 spiro atoms. The van der Waals surface area contributed by atoms with Gasteiger partial charge in [-0.3, -0.25) is 4.90 Å². The average molecular weight is 269 g/mol. The Labute approximate surface area is 116 Å². The van der Waals surface area contributed by atoms with Crippen molar-refractivity contribution >= 4 is 0 Å². The number of hydrogen-bond donors (Lipinski definition) is 1. The summed E-state index contributed by atoms with van der Waals surface area (Å²) in [6.45, 7) is 4.10. The smallest absolute Gasteiger partial charge is 0.0951 e. The molecule has 0 bridgehead atoms. The van der Waals surface area contributed by atoms with Gasteiger partial charge in [-0.15, -0.1) is 0 Å². The molecule has 3 saturated heterocycles. The molecule has 3 heterocycles. The summed E-state index contributed by atoms with van der Waals surface area (Å²) in [6.07, 6.45) is 8.09. The number of aliphatic hydroxyl groups is 1. The average Bonchev–Trinajstić information content (AvgIpc) is 3.06. The van der Waals surface area contributed by atoms with Gasteiger partial charge in [0.1, 0.15) is 0 Å². The van der Waals surface area contributed by atoms with Crippen molar-refractivity contribution in [3.63, 3.8) is 0 Å². The van der Waals surface area contributed by atoms with E-state index in [9.17, 15) is 0 Å². The largest absolute Gasteiger partial charge is 0.396 e. The standard InChI is InChI=1S/C15H27NO3/c17-8-2-4-13-3-1-7-16(13)14-5-9-19-15(11-14)6-10-18-12-15/h13-14,17H,1-12H2. The topological polar surface area (TPSA) is 41.9 Å². The first-order valence-electron chi connectivity index (χ1n) is 7.91. The van der Waals surface area contributed by atoms with Gasteiger partial charge in [-0.05, 0) is 45.1 Å². The molecule has 4 nitrogen and oxygen atoms in total. The third kappa shape index (κ3) is 2.97. The van der Waals surface area contributed by atoms with E-state index in [0.29, 0.717) is 18.7 Å². The molecule has 0 saturated carbocycles. The van der Waals surface area contributed by atoms with E-state index in [0.717, 1.165) is 51.9 Å². The Morgan fingerprint density at radius 3 is 3.00 bits per heavy atom. The minimum atomic E-state index is 0.0209. The Morgan fingerprint density at radius 1 is 1.26 bits per heavy atom. The maximum atomic E-state index is 9.04. The highest BCUT2D eigenvalue weighted by Crippen LogP contribution is 2.37. The zero-order chi connectivity index (χ0) is 13.1. The van der Waals surface area contributed by atoms with Crippen molar-refractivity contribution in [1.29, 1.82) is 0 Å². The van der Waals surface area contributed by atoms with Crippen LogP contribution in [0.3, 0.4) is 0 Å². The summed E-state index contributed by atoms with van der Waals surface area (Å²) >= 11 is 0. The van der Waals surface area contributed by atoms with Crippen LogP contribution >= 0.6 is 0 Å². The maximum Gasteiger partial charge on any atom is 0.0951 e. The third-order valence-electron chi connectivity index (χ3n) is 5.12. The van der Waals surface area contributed by atoms with Crippen molar-refractivity contribution in [2.24, 2.45) is 0 Å². The minimum absolute atomic E-state index is 0.0209. The highest BCUT2D eigenvalue weighted by molar-refractivity contribution is 4.96. The molecular formula is C15H27NO3. The molecule has 3 unspecified atom stereocenters. The third-order valence-corrected chi connectivity index (χ3v) is 5.12. The molecule has 3 fully saturated rings. The Hall–Kier alpha value is -0.160. The fourth-order valence-corrected chi connectivity index (χ4v) is 4.12. The molecule has 0 aliphatic carbocycles. The molecule has 0 radical (unpaired) electrons. The second-order valence-electron chi connectivity index (χ2n) is 6.38. The molecule has 0 amide bonds.